The lowest BCUT2D eigenvalue weighted by Gasteiger charge is -2.07. The summed E-state index contributed by atoms with van der Waals surface area (Å²) in [6.45, 7) is 0.989. The van der Waals surface area contributed by atoms with Gasteiger partial charge in [0.15, 0.2) is 0 Å². The average molecular weight is 433 g/mol. The van der Waals surface area contributed by atoms with Gasteiger partial charge in [-0.2, -0.15) is 5.10 Å². The number of rotatable bonds is 8. The van der Waals surface area contributed by atoms with Crippen LogP contribution in [0.2, 0.25) is 5.02 Å². The maximum Gasteiger partial charge on any atom is 0.224 e. The Morgan fingerprint density at radius 3 is 2.42 bits per heavy atom. The molecule has 1 amide bonds. The number of benzene rings is 2. The first-order chi connectivity index (χ1) is 15.2. The summed E-state index contributed by atoms with van der Waals surface area (Å²) in [5, 5.41) is 11.4. The van der Waals surface area contributed by atoms with E-state index in [-0.39, 0.29) is 12.3 Å². The van der Waals surface area contributed by atoms with Crippen molar-refractivity contribution in [2.75, 3.05) is 18.4 Å². The van der Waals surface area contributed by atoms with E-state index in [2.05, 4.69) is 20.6 Å². The normalized spacial score (nSPS) is 10.6. The van der Waals surface area contributed by atoms with Crippen molar-refractivity contribution in [2.45, 2.75) is 6.42 Å². The van der Waals surface area contributed by atoms with Crippen molar-refractivity contribution in [3.8, 4) is 16.9 Å². The van der Waals surface area contributed by atoms with Gasteiger partial charge in [-0.3, -0.25) is 4.79 Å². The van der Waals surface area contributed by atoms with Crippen molar-refractivity contribution in [2.24, 2.45) is 0 Å². The van der Waals surface area contributed by atoms with Crippen LogP contribution in [-0.2, 0) is 11.2 Å². The fraction of sp³-hybridized carbons (Fsp3) is 0.130. The lowest BCUT2D eigenvalue weighted by Crippen LogP contribution is -2.30. The number of hydrogen-bond acceptors (Lipinski definition) is 5. The first-order valence-corrected chi connectivity index (χ1v) is 10.2. The first kappa shape index (κ1) is 20.6. The molecule has 156 valence electrons. The largest absolute Gasteiger partial charge is 0.354 e. The van der Waals surface area contributed by atoms with E-state index in [1.165, 1.54) is 0 Å². The number of nitrogens with zero attached hydrogens (tertiary/aromatic N) is 4. The highest BCUT2D eigenvalue weighted by atomic mass is 35.5. The van der Waals surface area contributed by atoms with Gasteiger partial charge in [0, 0.05) is 47.8 Å². The van der Waals surface area contributed by atoms with Crippen LogP contribution in [0.1, 0.15) is 5.56 Å². The molecule has 0 radical (unpaired) electrons. The van der Waals surface area contributed by atoms with Gasteiger partial charge in [0.25, 0.3) is 0 Å². The number of carbonyl (C=O) groups excluding carboxylic acids is 1. The molecule has 0 fully saturated rings. The Bertz CT molecular complexity index is 1130. The zero-order chi connectivity index (χ0) is 21.5. The third-order valence-electron chi connectivity index (χ3n) is 4.58. The number of nitrogens with one attached hydrogen (secondary N) is 2. The second kappa shape index (κ2) is 9.86. The third-order valence-corrected chi connectivity index (χ3v) is 4.83. The fourth-order valence-electron chi connectivity index (χ4n) is 3.10. The van der Waals surface area contributed by atoms with Crippen molar-refractivity contribution < 1.29 is 4.79 Å². The van der Waals surface area contributed by atoms with E-state index in [0.29, 0.717) is 24.1 Å². The Morgan fingerprint density at radius 1 is 0.935 bits per heavy atom. The minimum Gasteiger partial charge on any atom is -0.354 e. The van der Waals surface area contributed by atoms with Gasteiger partial charge in [0.05, 0.1) is 17.8 Å². The van der Waals surface area contributed by atoms with Crippen molar-refractivity contribution in [3.05, 3.63) is 89.8 Å². The summed E-state index contributed by atoms with van der Waals surface area (Å²) in [6.07, 6.45) is 5.44. The Hall–Kier alpha value is -3.71. The van der Waals surface area contributed by atoms with Crippen LogP contribution in [0.5, 0.6) is 0 Å². The van der Waals surface area contributed by atoms with E-state index in [1.54, 1.807) is 23.1 Å². The summed E-state index contributed by atoms with van der Waals surface area (Å²) < 4.78 is 1.79. The molecule has 2 heterocycles. The highest BCUT2D eigenvalue weighted by Crippen LogP contribution is 2.25. The monoisotopic (exact) mass is 432 g/mol. The van der Waals surface area contributed by atoms with Crippen LogP contribution in [0.3, 0.4) is 0 Å². The highest BCUT2D eigenvalue weighted by Gasteiger charge is 2.15. The van der Waals surface area contributed by atoms with Gasteiger partial charge in [0.1, 0.15) is 0 Å². The molecule has 0 bridgehead atoms. The molecule has 0 aliphatic carbocycles. The minimum atomic E-state index is -0.0846. The lowest BCUT2D eigenvalue weighted by atomic mass is 10.1. The number of anilines is 1. The molecule has 0 unspecified atom stereocenters. The van der Waals surface area contributed by atoms with Crippen molar-refractivity contribution in [1.29, 1.82) is 0 Å². The van der Waals surface area contributed by atoms with Crippen LogP contribution in [0.25, 0.3) is 16.9 Å². The molecule has 2 N–H and O–H groups in total. The minimum absolute atomic E-state index is 0.0846. The van der Waals surface area contributed by atoms with Gasteiger partial charge in [-0.05, 0) is 30.3 Å². The molecule has 8 heteroatoms. The van der Waals surface area contributed by atoms with Crippen molar-refractivity contribution >= 4 is 23.5 Å². The number of halogens is 1. The molecule has 31 heavy (non-hydrogen) atoms. The van der Waals surface area contributed by atoms with E-state index in [1.807, 2.05) is 60.8 Å². The molecule has 2 aromatic carbocycles. The quantitative estimate of drug-likeness (QED) is 0.414. The summed E-state index contributed by atoms with van der Waals surface area (Å²) in [7, 11) is 0. The number of amides is 1. The molecule has 0 aliphatic heterocycles. The zero-order valence-electron chi connectivity index (χ0n) is 16.7. The summed E-state index contributed by atoms with van der Waals surface area (Å²) in [6, 6.07) is 19.0. The molecular formula is C23H21ClN6O. The topological polar surface area (TPSA) is 84.7 Å². The van der Waals surface area contributed by atoms with Crippen LogP contribution < -0.4 is 10.6 Å². The molecular weight excluding hydrogens is 412 g/mol. The predicted octanol–water partition coefficient (Wildman–Crippen LogP) is 3.75. The molecule has 0 saturated heterocycles. The Balaban J connectivity index is 1.46. The molecule has 0 aliphatic rings. The highest BCUT2D eigenvalue weighted by molar-refractivity contribution is 6.30. The number of hydrogen-bond donors (Lipinski definition) is 2. The molecule has 0 spiro atoms. The van der Waals surface area contributed by atoms with Gasteiger partial charge in [-0.1, -0.05) is 41.9 Å². The first-order valence-electron chi connectivity index (χ1n) is 9.86. The lowest BCUT2D eigenvalue weighted by molar-refractivity contribution is -0.120. The van der Waals surface area contributed by atoms with Gasteiger partial charge in [0.2, 0.25) is 11.9 Å². The Labute approximate surface area is 185 Å². The number of carbonyl (C=O) groups is 1. The zero-order valence-corrected chi connectivity index (χ0v) is 17.5. The van der Waals surface area contributed by atoms with Crippen LogP contribution in [0.15, 0.2) is 79.3 Å². The molecule has 0 atom stereocenters. The van der Waals surface area contributed by atoms with Crippen LogP contribution >= 0.6 is 11.6 Å². The Morgan fingerprint density at radius 2 is 1.68 bits per heavy atom. The predicted molar refractivity (Wildman–Crippen MR) is 121 cm³/mol. The Kier molecular flexibility index (Phi) is 6.54. The van der Waals surface area contributed by atoms with Crippen LogP contribution in [-0.4, -0.2) is 38.7 Å². The smallest absolute Gasteiger partial charge is 0.224 e. The summed E-state index contributed by atoms with van der Waals surface area (Å²) >= 11 is 6.04. The van der Waals surface area contributed by atoms with Crippen LogP contribution in [0, 0.1) is 0 Å². The second-order valence-electron chi connectivity index (χ2n) is 6.82. The maximum absolute atomic E-state index is 12.6. The maximum atomic E-state index is 12.6. The van der Waals surface area contributed by atoms with Crippen molar-refractivity contribution in [1.82, 2.24) is 25.1 Å². The molecule has 7 nitrogen and oxygen atoms in total. The van der Waals surface area contributed by atoms with Gasteiger partial charge < -0.3 is 10.6 Å². The van der Waals surface area contributed by atoms with Crippen LogP contribution in [0.4, 0.5) is 5.95 Å². The summed E-state index contributed by atoms with van der Waals surface area (Å²) in [5.74, 6) is 0.449. The summed E-state index contributed by atoms with van der Waals surface area (Å²) in [4.78, 5) is 20.8. The van der Waals surface area contributed by atoms with Gasteiger partial charge in [-0.15, -0.1) is 0 Å². The van der Waals surface area contributed by atoms with E-state index in [9.17, 15) is 4.79 Å². The van der Waals surface area contributed by atoms with Gasteiger partial charge >= 0.3 is 0 Å². The molecule has 4 rings (SSSR count). The van der Waals surface area contributed by atoms with Gasteiger partial charge in [-0.25, -0.2) is 14.6 Å². The third kappa shape index (κ3) is 5.46. The van der Waals surface area contributed by atoms with E-state index >= 15 is 0 Å². The van der Waals surface area contributed by atoms with Crippen molar-refractivity contribution in [3.63, 3.8) is 0 Å². The standard InChI is InChI=1S/C23H21ClN6O/c24-19-9-7-17(8-10-19)22-18(16-30(29-22)20-5-2-1-3-6-20)15-21(31)25-13-14-28-23-26-11-4-12-27-23/h1-12,16H,13-15H2,(H,25,31)(H,26,27,28). The average Bonchev–Trinajstić information content (AvgIpc) is 3.22. The SMILES string of the molecule is O=C(Cc1cn(-c2ccccc2)nc1-c1ccc(Cl)cc1)NCCNc1ncccn1. The van der Waals surface area contributed by atoms with E-state index in [0.717, 1.165) is 22.5 Å². The molecule has 2 aromatic heterocycles. The molecule has 4 aromatic rings. The second-order valence-corrected chi connectivity index (χ2v) is 7.25. The van der Waals surface area contributed by atoms with E-state index in [4.69, 9.17) is 16.7 Å². The fourth-order valence-corrected chi connectivity index (χ4v) is 3.23. The number of aromatic nitrogens is 4. The van der Waals surface area contributed by atoms with E-state index < -0.39 is 0 Å². The number of para-hydroxylation sites is 1. The molecule has 0 saturated carbocycles. The summed E-state index contributed by atoms with van der Waals surface area (Å²) in [5.41, 5.74) is 3.43.